The Balaban J connectivity index is 1.95. The first-order valence-electron chi connectivity index (χ1n) is 6.39. The number of rotatable bonds is 5. The van der Waals surface area contributed by atoms with Crippen LogP contribution in [-0.4, -0.2) is 17.4 Å². The second-order valence-corrected chi connectivity index (χ2v) is 4.57. The molecule has 0 saturated carbocycles. The van der Waals surface area contributed by atoms with E-state index in [1.807, 2.05) is 0 Å². The minimum atomic E-state index is -0.561. The molecule has 0 unspecified atom stereocenters. The Hall–Kier alpha value is -2.96. The van der Waals surface area contributed by atoms with Crippen LogP contribution >= 0.6 is 0 Å². The summed E-state index contributed by atoms with van der Waals surface area (Å²) in [6, 6.07) is 9.89. The molecule has 22 heavy (non-hydrogen) atoms. The van der Waals surface area contributed by atoms with Crippen LogP contribution in [0.5, 0.6) is 5.75 Å². The topological polar surface area (TPSA) is 81.5 Å². The van der Waals surface area contributed by atoms with Gasteiger partial charge in [-0.25, -0.2) is 4.39 Å². The van der Waals surface area contributed by atoms with E-state index in [9.17, 15) is 19.3 Å². The summed E-state index contributed by atoms with van der Waals surface area (Å²) in [5.74, 6) is -0.910. The van der Waals surface area contributed by atoms with Crippen molar-refractivity contribution in [1.82, 2.24) is 0 Å². The molecule has 0 heterocycles. The zero-order valence-electron chi connectivity index (χ0n) is 11.7. The third kappa shape index (κ3) is 4.02. The van der Waals surface area contributed by atoms with Crippen molar-refractivity contribution < 1.29 is 18.8 Å². The summed E-state index contributed by atoms with van der Waals surface area (Å²) >= 11 is 0. The average Bonchev–Trinajstić information content (AvgIpc) is 2.48. The lowest BCUT2D eigenvalue weighted by atomic mass is 10.2. The highest BCUT2D eigenvalue weighted by Gasteiger charge is 2.10. The molecule has 0 aliphatic carbocycles. The molecule has 0 fully saturated rings. The zero-order valence-corrected chi connectivity index (χ0v) is 11.7. The standard InChI is InChI=1S/C15H13FN2O4/c1-10-5-6-14(13(16)7-10)17-15(19)9-22-12-4-2-3-11(8-12)18(20)21/h2-8H,9H2,1H3,(H,17,19). The molecule has 2 aromatic carbocycles. The number of ether oxygens (including phenoxy) is 1. The fourth-order valence-electron chi connectivity index (χ4n) is 1.74. The Kier molecular flexibility index (Phi) is 4.67. The Morgan fingerprint density at radius 2 is 2.09 bits per heavy atom. The predicted octanol–water partition coefficient (Wildman–Crippen LogP) is 3.06. The van der Waals surface area contributed by atoms with Crippen LogP contribution in [0.3, 0.4) is 0 Å². The van der Waals surface area contributed by atoms with Gasteiger partial charge in [0.2, 0.25) is 0 Å². The molecular formula is C15H13FN2O4. The van der Waals surface area contributed by atoms with Crippen molar-refractivity contribution in [2.45, 2.75) is 6.92 Å². The average molecular weight is 304 g/mol. The third-order valence-corrected chi connectivity index (χ3v) is 2.80. The number of halogens is 1. The molecule has 0 spiro atoms. The quantitative estimate of drug-likeness (QED) is 0.680. The van der Waals surface area contributed by atoms with Gasteiger partial charge in [0.05, 0.1) is 16.7 Å². The number of aryl methyl sites for hydroxylation is 1. The Labute approximate surface area is 125 Å². The van der Waals surface area contributed by atoms with Crippen molar-refractivity contribution in [1.29, 1.82) is 0 Å². The fraction of sp³-hybridized carbons (Fsp3) is 0.133. The highest BCUT2D eigenvalue weighted by atomic mass is 19.1. The minimum Gasteiger partial charge on any atom is -0.484 e. The second kappa shape index (κ2) is 6.66. The van der Waals surface area contributed by atoms with Crippen LogP contribution < -0.4 is 10.1 Å². The Bertz CT molecular complexity index is 718. The number of carbonyl (C=O) groups is 1. The lowest BCUT2D eigenvalue weighted by Crippen LogP contribution is -2.20. The Morgan fingerprint density at radius 3 is 2.77 bits per heavy atom. The number of nitrogens with one attached hydrogen (secondary N) is 1. The fourth-order valence-corrected chi connectivity index (χ4v) is 1.74. The number of anilines is 1. The summed E-state index contributed by atoms with van der Waals surface area (Å²) in [5.41, 5.74) is 0.657. The largest absolute Gasteiger partial charge is 0.484 e. The van der Waals surface area contributed by atoms with Crippen LogP contribution in [0, 0.1) is 22.9 Å². The first-order chi connectivity index (χ1) is 10.5. The van der Waals surface area contributed by atoms with Gasteiger partial charge in [-0.3, -0.25) is 14.9 Å². The van der Waals surface area contributed by atoms with Gasteiger partial charge in [-0.15, -0.1) is 0 Å². The van der Waals surface area contributed by atoms with Gasteiger partial charge in [0.15, 0.2) is 6.61 Å². The van der Waals surface area contributed by atoms with Crippen molar-refractivity contribution in [3.8, 4) is 5.75 Å². The van der Waals surface area contributed by atoms with Gasteiger partial charge in [0.25, 0.3) is 11.6 Å². The molecule has 1 N–H and O–H groups in total. The molecule has 0 aliphatic rings. The lowest BCUT2D eigenvalue weighted by molar-refractivity contribution is -0.384. The van der Waals surface area contributed by atoms with E-state index in [2.05, 4.69) is 5.32 Å². The van der Waals surface area contributed by atoms with E-state index in [1.54, 1.807) is 13.0 Å². The second-order valence-electron chi connectivity index (χ2n) is 4.57. The van der Waals surface area contributed by atoms with Crippen LogP contribution in [0.15, 0.2) is 42.5 Å². The molecule has 6 nitrogen and oxygen atoms in total. The van der Waals surface area contributed by atoms with E-state index in [0.717, 1.165) is 5.56 Å². The highest BCUT2D eigenvalue weighted by molar-refractivity contribution is 5.92. The van der Waals surface area contributed by atoms with Crippen molar-refractivity contribution in [2.75, 3.05) is 11.9 Å². The van der Waals surface area contributed by atoms with Crippen molar-refractivity contribution >= 4 is 17.3 Å². The first-order valence-corrected chi connectivity index (χ1v) is 6.39. The van der Waals surface area contributed by atoms with E-state index < -0.39 is 16.6 Å². The summed E-state index contributed by atoms with van der Waals surface area (Å²) in [6.07, 6.45) is 0. The predicted molar refractivity (Wildman–Crippen MR) is 78.4 cm³/mol. The van der Waals surface area contributed by atoms with Crippen LogP contribution in [0.2, 0.25) is 0 Å². The first kappa shape index (κ1) is 15.4. The molecule has 1 amide bonds. The smallest absolute Gasteiger partial charge is 0.273 e. The van der Waals surface area contributed by atoms with Crippen LogP contribution in [0.4, 0.5) is 15.8 Å². The monoisotopic (exact) mass is 304 g/mol. The maximum absolute atomic E-state index is 13.6. The normalized spacial score (nSPS) is 10.1. The van der Waals surface area contributed by atoms with Gasteiger partial charge >= 0.3 is 0 Å². The number of nitrogens with zero attached hydrogens (tertiary/aromatic N) is 1. The van der Waals surface area contributed by atoms with Crippen LogP contribution in [-0.2, 0) is 4.79 Å². The van der Waals surface area contributed by atoms with E-state index >= 15 is 0 Å². The number of hydrogen-bond donors (Lipinski definition) is 1. The molecule has 7 heteroatoms. The van der Waals surface area contributed by atoms with Crippen LogP contribution in [0.25, 0.3) is 0 Å². The van der Waals surface area contributed by atoms with Gasteiger partial charge in [0, 0.05) is 6.07 Å². The number of nitro groups is 1. The van der Waals surface area contributed by atoms with E-state index in [-0.39, 0.29) is 23.7 Å². The molecule has 0 aromatic heterocycles. The number of amides is 1. The van der Waals surface area contributed by atoms with Gasteiger partial charge < -0.3 is 10.1 Å². The van der Waals surface area contributed by atoms with E-state index in [4.69, 9.17) is 4.74 Å². The summed E-state index contributed by atoms with van der Waals surface area (Å²) in [7, 11) is 0. The van der Waals surface area contributed by atoms with Crippen molar-refractivity contribution in [2.24, 2.45) is 0 Å². The Morgan fingerprint density at radius 1 is 1.32 bits per heavy atom. The summed E-state index contributed by atoms with van der Waals surface area (Å²) in [4.78, 5) is 21.8. The molecule has 0 radical (unpaired) electrons. The minimum absolute atomic E-state index is 0.0539. The van der Waals surface area contributed by atoms with E-state index in [0.29, 0.717) is 0 Å². The number of non-ortho nitro benzene ring substituents is 1. The zero-order chi connectivity index (χ0) is 16.1. The molecule has 0 saturated heterocycles. The van der Waals surface area contributed by atoms with Gasteiger partial charge in [-0.05, 0) is 30.7 Å². The summed E-state index contributed by atoms with van der Waals surface area (Å²) < 4.78 is 18.7. The SMILES string of the molecule is Cc1ccc(NC(=O)COc2cccc([N+](=O)[O-])c2)c(F)c1. The molecule has 0 bridgehead atoms. The van der Waals surface area contributed by atoms with Crippen molar-refractivity contribution in [3.63, 3.8) is 0 Å². The van der Waals surface area contributed by atoms with Gasteiger partial charge in [0.1, 0.15) is 11.6 Å². The molecule has 2 rings (SSSR count). The maximum Gasteiger partial charge on any atom is 0.273 e. The number of benzene rings is 2. The molecule has 114 valence electrons. The van der Waals surface area contributed by atoms with Crippen LogP contribution in [0.1, 0.15) is 5.56 Å². The van der Waals surface area contributed by atoms with Crippen molar-refractivity contribution in [3.05, 3.63) is 64.0 Å². The van der Waals surface area contributed by atoms with Gasteiger partial charge in [-0.1, -0.05) is 12.1 Å². The molecule has 0 atom stereocenters. The van der Waals surface area contributed by atoms with E-state index in [1.165, 1.54) is 36.4 Å². The molecular weight excluding hydrogens is 291 g/mol. The third-order valence-electron chi connectivity index (χ3n) is 2.80. The highest BCUT2D eigenvalue weighted by Crippen LogP contribution is 2.19. The molecule has 2 aromatic rings. The molecule has 0 aliphatic heterocycles. The summed E-state index contributed by atoms with van der Waals surface area (Å²) in [5, 5.41) is 13.0. The number of nitro benzene ring substituents is 1. The number of carbonyl (C=O) groups excluding carboxylic acids is 1. The van der Waals surface area contributed by atoms with Gasteiger partial charge in [-0.2, -0.15) is 0 Å². The maximum atomic E-state index is 13.6. The summed E-state index contributed by atoms with van der Waals surface area (Å²) in [6.45, 7) is 1.36. The lowest BCUT2D eigenvalue weighted by Gasteiger charge is -2.08. The number of hydrogen-bond acceptors (Lipinski definition) is 4.